The molecule has 1 saturated heterocycles. The molecular weight excluding hydrogens is 360 g/mol. The molecule has 0 saturated carbocycles. The molecule has 142 valence electrons. The zero-order valence-corrected chi connectivity index (χ0v) is 16.3. The average molecular weight is 385 g/mol. The molecule has 0 aliphatic carbocycles. The first kappa shape index (κ1) is 17.9. The van der Waals surface area contributed by atoms with E-state index in [0.29, 0.717) is 13.0 Å². The van der Waals surface area contributed by atoms with Crippen molar-refractivity contribution in [1.29, 1.82) is 0 Å². The molecule has 4 heterocycles. The Hall–Kier alpha value is -2.45. The second kappa shape index (κ2) is 8.06. The molecule has 27 heavy (non-hydrogen) atoms. The topological polar surface area (TPSA) is 65.8 Å². The predicted octanol–water partition coefficient (Wildman–Crippen LogP) is 1.79. The number of carbonyl (C=O) groups excluding carboxylic acids is 1. The summed E-state index contributed by atoms with van der Waals surface area (Å²) in [5.41, 5.74) is 1.80. The second-order valence-corrected chi connectivity index (χ2v) is 7.60. The van der Waals surface area contributed by atoms with Gasteiger partial charge in [-0.2, -0.15) is 0 Å². The number of nitrogens with one attached hydrogen (secondary N) is 1. The summed E-state index contributed by atoms with van der Waals surface area (Å²) in [5, 5.41) is 4.93. The lowest BCUT2D eigenvalue weighted by atomic mass is 10.2. The molecule has 1 aliphatic heterocycles. The van der Waals surface area contributed by atoms with Crippen LogP contribution in [-0.2, 0) is 17.8 Å². The molecule has 4 rings (SSSR count). The van der Waals surface area contributed by atoms with Crippen LogP contribution in [0.25, 0.3) is 4.96 Å². The Morgan fingerprint density at radius 3 is 2.81 bits per heavy atom. The number of anilines is 1. The van der Waals surface area contributed by atoms with Crippen LogP contribution in [0.1, 0.15) is 18.2 Å². The monoisotopic (exact) mass is 384 g/mol. The molecule has 7 nitrogen and oxygen atoms in total. The van der Waals surface area contributed by atoms with E-state index in [9.17, 15) is 4.79 Å². The number of hydrogen-bond donors (Lipinski definition) is 1. The summed E-state index contributed by atoms with van der Waals surface area (Å²) in [4.78, 5) is 26.9. The summed E-state index contributed by atoms with van der Waals surface area (Å²) in [6, 6.07) is 4.09. The van der Waals surface area contributed by atoms with Gasteiger partial charge in [-0.1, -0.05) is 13.0 Å². The van der Waals surface area contributed by atoms with E-state index in [-0.39, 0.29) is 5.91 Å². The van der Waals surface area contributed by atoms with Crippen LogP contribution in [0.3, 0.4) is 0 Å². The minimum absolute atomic E-state index is 0.0273. The Morgan fingerprint density at radius 1 is 1.26 bits per heavy atom. The van der Waals surface area contributed by atoms with Crippen molar-refractivity contribution >= 4 is 28.0 Å². The van der Waals surface area contributed by atoms with Gasteiger partial charge in [-0.05, 0) is 18.2 Å². The lowest BCUT2D eigenvalue weighted by Crippen LogP contribution is -2.46. The van der Waals surface area contributed by atoms with Crippen LogP contribution < -0.4 is 10.2 Å². The maximum atomic E-state index is 12.2. The van der Waals surface area contributed by atoms with E-state index in [2.05, 4.69) is 32.0 Å². The highest BCUT2D eigenvalue weighted by Crippen LogP contribution is 2.14. The van der Waals surface area contributed by atoms with Crippen LogP contribution >= 0.6 is 11.3 Å². The lowest BCUT2D eigenvalue weighted by Gasteiger charge is -2.34. The van der Waals surface area contributed by atoms with Gasteiger partial charge >= 0.3 is 0 Å². The van der Waals surface area contributed by atoms with E-state index in [1.807, 2.05) is 40.5 Å². The number of thiazole rings is 1. The number of fused-ring (bicyclic) bond motifs is 1. The lowest BCUT2D eigenvalue weighted by molar-refractivity contribution is -0.120. The van der Waals surface area contributed by atoms with Crippen molar-refractivity contribution in [1.82, 2.24) is 24.6 Å². The van der Waals surface area contributed by atoms with E-state index >= 15 is 0 Å². The minimum Gasteiger partial charge on any atom is -0.354 e. The van der Waals surface area contributed by atoms with Gasteiger partial charge in [0.2, 0.25) is 5.91 Å². The highest BCUT2D eigenvalue weighted by molar-refractivity contribution is 7.15. The largest absolute Gasteiger partial charge is 0.354 e. The van der Waals surface area contributed by atoms with Crippen LogP contribution in [0.5, 0.6) is 0 Å². The van der Waals surface area contributed by atoms with Crippen molar-refractivity contribution in [3.63, 3.8) is 0 Å². The first-order chi connectivity index (χ1) is 13.2. The fourth-order valence-electron chi connectivity index (χ4n) is 3.29. The van der Waals surface area contributed by atoms with Crippen LogP contribution in [0.2, 0.25) is 0 Å². The maximum Gasteiger partial charge on any atom is 0.226 e. The Kier molecular flexibility index (Phi) is 5.35. The Morgan fingerprint density at radius 2 is 2.11 bits per heavy atom. The van der Waals surface area contributed by atoms with Crippen molar-refractivity contribution in [3.8, 4) is 0 Å². The van der Waals surface area contributed by atoms with Gasteiger partial charge in [-0.3, -0.25) is 9.20 Å². The summed E-state index contributed by atoms with van der Waals surface area (Å²) >= 11 is 1.57. The Balaban J connectivity index is 1.27. The van der Waals surface area contributed by atoms with Crippen molar-refractivity contribution in [3.05, 3.63) is 47.4 Å². The summed E-state index contributed by atoms with van der Waals surface area (Å²) < 4.78 is 1.94. The molecule has 3 aromatic rings. The van der Waals surface area contributed by atoms with E-state index in [1.54, 1.807) is 11.3 Å². The van der Waals surface area contributed by atoms with Gasteiger partial charge < -0.3 is 15.1 Å². The number of pyridine rings is 1. The summed E-state index contributed by atoms with van der Waals surface area (Å²) in [6.45, 7) is 7.99. The molecule has 0 spiro atoms. The second-order valence-electron chi connectivity index (χ2n) is 6.72. The fraction of sp³-hybridized carbons (Fsp3) is 0.421. The van der Waals surface area contributed by atoms with Crippen LogP contribution in [0.4, 0.5) is 5.82 Å². The number of likely N-dealkylation sites (N-methyl/N-ethyl adjacent to an activating group) is 1. The molecule has 0 radical (unpaired) electrons. The van der Waals surface area contributed by atoms with Gasteiger partial charge in [-0.25, -0.2) is 9.97 Å². The first-order valence-corrected chi connectivity index (χ1v) is 10.2. The molecule has 0 aromatic carbocycles. The molecule has 0 bridgehead atoms. The van der Waals surface area contributed by atoms with Gasteiger partial charge in [0, 0.05) is 56.7 Å². The molecule has 3 aromatic heterocycles. The van der Waals surface area contributed by atoms with Crippen molar-refractivity contribution in [2.45, 2.75) is 19.9 Å². The van der Waals surface area contributed by atoms with E-state index in [0.717, 1.165) is 54.8 Å². The number of nitrogens with zero attached hydrogens (tertiary/aromatic N) is 5. The molecule has 8 heteroatoms. The van der Waals surface area contributed by atoms with E-state index < -0.39 is 0 Å². The Labute approximate surface area is 162 Å². The molecule has 1 amide bonds. The van der Waals surface area contributed by atoms with Crippen molar-refractivity contribution in [2.75, 3.05) is 37.6 Å². The van der Waals surface area contributed by atoms with Crippen LogP contribution in [-0.4, -0.2) is 57.9 Å². The number of rotatable bonds is 6. The van der Waals surface area contributed by atoms with Gasteiger partial charge in [0.1, 0.15) is 5.82 Å². The van der Waals surface area contributed by atoms with Crippen molar-refractivity contribution in [2.24, 2.45) is 0 Å². The minimum atomic E-state index is -0.0273. The van der Waals surface area contributed by atoms with Gasteiger partial charge in [0.25, 0.3) is 0 Å². The standard InChI is InChI=1S/C19H24N6OS/c1-2-23-5-7-24(8-6-23)17-4-3-15(12-20-17)13-21-18(26)11-16-14-25-9-10-27-19(25)22-16/h3-4,9-10,12,14H,2,5-8,11,13H2,1H3,(H,21,26). The van der Waals surface area contributed by atoms with Crippen molar-refractivity contribution < 1.29 is 4.79 Å². The third-order valence-electron chi connectivity index (χ3n) is 4.93. The number of carbonyl (C=O) groups is 1. The Bertz CT molecular complexity index is 866. The summed E-state index contributed by atoms with van der Waals surface area (Å²) in [6.07, 6.45) is 6.00. The smallest absolute Gasteiger partial charge is 0.226 e. The maximum absolute atomic E-state index is 12.2. The zero-order chi connectivity index (χ0) is 18.6. The fourth-order valence-corrected chi connectivity index (χ4v) is 4.01. The molecule has 0 atom stereocenters. The van der Waals surface area contributed by atoms with Crippen LogP contribution in [0, 0.1) is 0 Å². The molecule has 0 unspecified atom stereocenters. The highest BCUT2D eigenvalue weighted by Gasteiger charge is 2.16. The zero-order valence-electron chi connectivity index (χ0n) is 15.5. The predicted molar refractivity (Wildman–Crippen MR) is 107 cm³/mol. The van der Waals surface area contributed by atoms with E-state index in [1.165, 1.54) is 0 Å². The average Bonchev–Trinajstić information content (AvgIpc) is 3.28. The summed E-state index contributed by atoms with van der Waals surface area (Å²) in [5.74, 6) is 0.986. The molecular formula is C19H24N6OS. The number of piperazine rings is 1. The van der Waals surface area contributed by atoms with Crippen LogP contribution in [0.15, 0.2) is 36.1 Å². The summed E-state index contributed by atoms with van der Waals surface area (Å²) in [7, 11) is 0. The quantitative estimate of drug-likeness (QED) is 0.702. The third kappa shape index (κ3) is 4.28. The van der Waals surface area contributed by atoms with Gasteiger partial charge in [0.15, 0.2) is 4.96 Å². The molecule has 1 N–H and O–H groups in total. The number of aromatic nitrogens is 3. The first-order valence-electron chi connectivity index (χ1n) is 9.31. The number of imidazole rings is 1. The number of amides is 1. The van der Waals surface area contributed by atoms with Gasteiger partial charge in [0.05, 0.1) is 12.1 Å². The third-order valence-corrected chi connectivity index (χ3v) is 5.70. The van der Waals surface area contributed by atoms with Gasteiger partial charge in [-0.15, -0.1) is 11.3 Å². The number of hydrogen-bond acceptors (Lipinski definition) is 6. The van der Waals surface area contributed by atoms with E-state index in [4.69, 9.17) is 0 Å². The highest BCUT2D eigenvalue weighted by atomic mass is 32.1. The molecule has 1 aliphatic rings. The normalized spacial score (nSPS) is 15.4. The SMILES string of the molecule is CCN1CCN(c2ccc(CNC(=O)Cc3cn4ccsc4n3)cn2)CC1. The molecule has 1 fully saturated rings.